The third kappa shape index (κ3) is 7.28. The Morgan fingerprint density at radius 1 is 0.974 bits per heavy atom. The Labute approximate surface area is 233 Å². The van der Waals surface area contributed by atoms with Crippen LogP contribution in [0.5, 0.6) is 0 Å². The number of benzene rings is 3. The Kier molecular flexibility index (Phi) is 8.78. The van der Waals surface area contributed by atoms with Gasteiger partial charge in [-0.2, -0.15) is 13.2 Å². The van der Waals surface area contributed by atoms with Crippen molar-refractivity contribution < 1.29 is 27.2 Å². The minimum Gasteiger partial charge on any atom is -0.345 e. The number of carbonyl (C=O) groups excluding carboxylic acids is 2. The highest BCUT2D eigenvalue weighted by molar-refractivity contribution is 7.99. The molecule has 1 heterocycles. The van der Waals surface area contributed by atoms with Crippen LogP contribution in [0.3, 0.4) is 0 Å². The largest absolute Gasteiger partial charge is 0.416 e. The van der Waals surface area contributed by atoms with E-state index in [2.05, 4.69) is 20.8 Å². The summed E-state index contributed by atoms with van der Waals surface area (Å²) in [4.78, 5) is 25.1. The van der Waals surface area contributed by atoms with Crippen molar-refractivity contribution in [3.05, 3.63) is 99.5 Å². The molecule has 0 saturated heterocycles. The van der Waals surface area contributed by atoms with E-state index in [-0.39, 0.29) is 39.6 Å². The smallest absolute Gasteiger partial charge is 0.345 e. The van der Waals surface area contributed by atoms with Crippen molar-refractivity contribution in [3.63, 3.8) is 0 Å². The summed E-state index contributed by atoms with van der Waals surface area (Å²) >= 11 is 13.1. The molecule has 0 bridgehead atoms. The molecule has 14 heteroatoms. The standard InChI is InChI=1S/C25H17Cl2F4N5O2S/c26-16-4-2-6-18(11-16)36-21(12-32-23(38)14-3-1-5-17(28)9-14)34-35-24(36)39-13-22(37)33-20-10-15(25(29,30)31)7-8-19(20)27/h1-11H,12-13H2,(H,32,38)(H,33,37). The van der Waals surface area contributed by atoms with Gasteiger partial charge in [-0.25, -0.2) is 4.39 Å². The first kappa shape index (κ1) is 28.4. The van der Waals surface area contributed by atoms with E-state index in [4.69, 9.17) is 23.2 Å². The molecule has 2 amide bonds. The average molecular weight is 598 g/mol. The van der Waals surface area contributed by atoms with Gasteiger partial charge < -0.3 is 10.6 Å². The number of amides is 2. The van der Waals surface area contributed by atoms with E-state index >= 15 is 0 Å². The Bertz CT molecular complexity index is 1530. The predicted molar refractivity (Wildman–Crippen MR) is 140 cm³/mol. The molecule has 0 atom stereocenters. The lowest BCUT2D eigenvalue weighted by molar-refractivity contribution is -0.137. The summed E-state index contributed by atoms with van der Waals surface area (Å²) in [5.41, 5.74) is -0.496. The Hall–Kier alpha value is -3.61. The van der Waals surface area contributed by atoms with Crippen LogP contribution in [0.1, 0.15) is 21.7 Å². The molecular weight excluding hydrogens is 581 g/mol. The van der Waals surface area contributed by atoms with E-state index in [1.54, 1.807) is 28.8 Å². The fourth-order valence-electron chi connectivity index (χ4n) is 3.39. The molecule has 2 N–H and O–H groups in total. The SMILES string of the molecule is O=C(CSc1nnc(CNC(=O)c2cccc(F)c2)n1-c1cccc(Cl)c1)Nc1cc(C(F)(F)F)ccc1Cl. The lowest BCUT2D eigenvalue weighted by Gasteiger charge is -2.13. The Balaban J connectivity index is 1.51. The zero-order chi connectivity index (χ0) is 28.2. The lowest BCUT2D eigenvalue weighted by Crippen LogP contribution is -2.24. The molecule has 1 aromatic heterocycles. The van der Waals surface area contributed by atoms with Crippen molar-refractivity contribution in [1.29, 1.82) is 0 Å². The first-order chi connectivity index (χ1) is 18.5. The molecule has 4 aromatic rings. The van der Waals surface area contributed by atoms with Crippen LogP contribution >= 0.6 is 35.0 Å². The number of nitrogens with zero attached hydrogens (tertiary/aromatic N) is 3. The third-order valence-corrected chi connectivity index (χ3v) is 6.65. The van der Waals surface area contributed by atoms with Gasteiger partial charge in [-0.1, -0.05) is 47.1 Å². The molecule has 0 aliphatic heterocycles. The first-order valence-corrected chi connectivity index (χ1v) is 12.8. The van der Waals surface area contributed by atoms with E-state index in [1.807, 2.05) is 0 Å². The van der Waals surface area contributed by atoms with Crippen molar-refractivity contribution in [3.8, 4) is 5.69 Å². The Morgan fingerprint density at radius 3 is 2.46 bits per heavy atom. The molecule has 202 valence electrons. The van der Waals surface area contributed by atoms with E-state index in [1.165, 1.54) is 18.2 Å². The number of thioether (sulfide) groups is 1. The van der Waals surface area contributed by atoms with Gasteiger partial charge in [0.2, 0.25) is 5.91 Å². The summed E-state index contributed by atoms with van der Waals surface area (Å²) < 4.78 is 54.2. The number of anilines is 1. The summed E-state index contributed by atoms with van der Waals surface area (Å²) in [5, 5.41) is 13.8. The van der Waals surface area contributed by atoms with Gasteiger partial charge in [0.05, 0.1) is 34.3 Å². The van der Waals surface area contributed by atoms with Crippen molar-refractivity contribution >= 4 is 52.5 Å². The van der Waals surface area contributed by atoms with Gasteiger partial charge in [0.25, 0.3) is 5.91 Å². The number of aromatic nitrogens is 3. The fourth-order valence-corrected chi connectivity index (χ4v) is 4.51. The van der Waals surface area contributed by atoms with Crippen LogP contribution < -0.4 is 10.6 Å². The number of carbonyl (C=O) groups is 2. The second-order valence-corrected chi connectivity index (χ2v) is 9.72. The van der Waals surface area contributed by atoms with Crippen LogP contribution in [0.25, 0.3) is 5.69 Å². The Morgan fingerprint density at radius 2 is 1.74 bits per heavy atom. The van der Waals surface area contributed by atoms with Gasteiger partial charge in [-0.15, -0.1) is 10.2 Å². The van der Waals surface area contributed by atoms with Crippen molar-refractivity contribution in [2.24, 2.45) is 0 Å². The fraction of sp³-hybridized carbons (Fsp3) is 0.120. The normalized spacial score (nSPS) is 11.3. The van der Waals surface area contributed by atoms with Gasteiger partial charge in [-0.05, 0) is 54.6 Å². The minimum atomic E-state index is -4.60. The summed E-state index contributed by atoms with van der Waals surface area (Å²) in [6, 6.07) is 14.4. The lowest BCUT2D eigenvalue weighted by atomic mass is 10.2. The molecule has 0 unspecified atom stereocenters. The van der Waals surface area contributed by atoms with Gasteiger partial charge >= 0.3 is 6.18 Å². The van der Waals surface area contributed by atoms with Crippen LogP contribution in [0, 0.1) is 5.82 Å². The molecule has 0 aliphatic rings. The van der Waals surface area contributed by atoms with E-state index in [9.17, 15) is 27.2 Å². The molecule has 7 nitrogen and oxygen atoms in total. The zero-order valence-corrected chi connectivity index (χ0v) is 21.9. The molecule has 4 rings (SSSR count). The number of nitrogens with one attached hydrogen (secondary N) is 2. The molecule has 0 aliphatic carbocycles. The molecule has 0 spiro atoms. The zero-order valence-electron chi connectivity index (χ0n) is 19.6. The van der Waals surface area contributed by atoms with Crippen LogP contribution in [-0.2, 0) is 17.5 Å². The van der Waals surface area contributed by atoms with Crippen molar-refractivity contribution in [1.82, 2.24) is 20.1 Å². The van der Waals surface area contributed by atoms with E-state index in [0.717, 1.165) is 36.0 Å². The highest BCUT2D eigenvalue weighted by Gasteiger charge is 2.31. The highest BCUT2D eigenvalue weighted by atomic mass is 35.5. The van der Waals surface area contributed by atoms with E-state index in [0.29, 0.717) is 10.7 Å². The number of halogens is 6. The number of alkyl halides is 3. The third-order valence-electron chi connectivity index (χ3n) is 5.16. The predicted octanol–water partition coefficient (Wildman–Crippen LogP) is 6.39. The van der Waals surface area contributed by atoms with Gasteiger partial charge in [0.1, 0.15) is 5.82 Å². The summed E-state index contributed by atoms with van der Waals surface area (Å²) in [7, 11) is 0. The topological polar surface area (TPSA) is 88.9 Å². The minimum absolute atomic E-state index is 0.0558. The van der Waals surface area contributed by atoms with Gasteiger partial charge in [-0.3, -0.25) is 14.2 Å². The summed E-state index contributed by atoms with van der Waals surface area (Å²) in [5.74, 6) is -1.70. The summed E-state index contributed by atoms with van der Waals surface area (Å²) in [6.45, 7) is -0.0958. The van der Waals surface area contributed by atoms with Crippen LogP contribution in [0.15, 0.2) is 71.9 Å². The average Bonchev–Trinajstić information content (AvgIpc) is 3.29. The van der Waals surface area contributed by atoms with Crippen LogP contribution in [-0.4, -0.2) is 32.3 Å². The van der Waals surface area contributed by atoms with Gasteiger partial charge in [0.15, 0.2) is 11.0 Å². The first-order valence-electron chi connectivity index (χ1n) is 11.0. The molecule has 39 heavy (non-hydrogen) atoms. The maximum Gasteiger partial charge on any atom is 0.416 e. The number of hydrogen-bond acceptors (Lipinski definition) is 5. The van der Waals surface area contributed by atoms with Crippen LogP contribution in [0.2, 0.25) is 10.0 Å². The quantitative estimate of drug-likeness (QED) is 0.181. The number of hydrogen-bond donors (Lipinski definition) is 2. The van der Waals surface area contributed by atoms with Crippen molar-refractivity contribution in [2.75, 3.05) is 11.1 Å². The monoisotopic (exact) mass is 597 g/mol. The molecule has 3 aromatic carbocycles. The molecule has 0 fully saturated rings. The van der Waals surface area contributed by atoms with E-state index < -0.39 is 29.4 Å². The molecule has 0 saturated carbocycles. The summed E-state index contributed by atoms with van der Waals surface area (Å²) in [6.07, 6.45) is -4.60. The number of rotatable bonds is 8. The van der Waals surface area contributed by atoms with Crippen LogP contribution in [0.4, 0.5) is 23.2 Å². The maximum atomic E-state index is 13.5. The second-order valence-electron chi connectivity index (χ2n) is 7.94. The highest BCUT2D eigenvalue weighted by Crippen LogP contribution is 2.34. The maximum absolute atomic E-state index is 13.5. The second kappa shape index (κ2) is 12.1. The molecular formula is C25H17Cl2F4N5O2S. The molecule has 0 radical (unpaired) electrons. The van der Waals surface area contributed by atoms with Gasteiger partial charge in [0, 0.05) is 10.6 Å². The van der Waals surface area contributed by atoms with Crippen molar-refractivity contribution in [2.45, 2.75) is 17.9 Å².